The summed E-state index contributed by atoms with van der Waals surface area (Å²) in [6.07, 6.45) is 6.47. The first-order valence-corrected chi connectivity index (χ1v) is 12.8. The number of para-hydroxylation sites is 1. The summed E-state index contributed by atoms with van der Waals surface area (Å²) < 4.78 is 4.48. The van der Waals surface area contributed by atoms with Gasteiger partial charge in [0.1, 0.15) is 5.82 Å². The number of fused-ring (bicyclic) bond motifs is 2. The van der Waals surface area contributed by atoms with E-state index in [0.29, 0.717) is 29.7 Å². The van der Waals surface area contributed by atoms with E-state index < -0.39 is 0 Å². The van der Waals surface area contributed by atoms with E-state index in [1.54, 1.807) is 12.3 Å². The lowest BCUT2D eigenvalue weighted by molar-refractivity contribution is 0.675. The van der Waals surface area contributed by atoms with Crippen molar-refractivity contribution in [2.45, 2.75) is 32.7 Å². The Labute approximate surface area is 216 Å². The third kappa shape index (κ3) is 4.95. The highest BCUT2D eigenvalue weighted by Crippen LogP contribution is 2.22. The van der Waals surface area contributed by atoms with Crippen molar-refractivity contribution in [1.82, 2.24) is 14.2 Å². The van der Waals surface area contributed by atoms with Gasteiger partial charge in [-0.05, 0) is 48.4 Å². The molecule has 5 rings (SSSR count). The third-order valence-corrected chi connectivity index (χ3v) is 6.77. The van der Waals surface area contributed by atoms with Gasteiger partial charge in [0.2, 0.25) is 0 Å². The van der Waals surface area contributed by atoms with Gasteiger partial charge >= 0.3 is 0 Å². The van der Waals surface area contributed by atoms with E-state index in [9.17, 15) is 4.79 Å². The predicted octanol–water partition coefficient (Wildman–Crippen LogP) is 7.04. The number of benzene rings is 3. The Morgan fingerprint density at radius 1 is 1.06 bits per heavy atom. The molecule has 2 heterocycles. The van der Waals surface area contributed by atoms with Crippen LogP contribution in [0.15, 0.2) is 87.3 Å². The molecule has 5 aromatic rings. The van der Waals surface area contributed by atoms with Crippen molar-refractivity contribution < 1.29 is 0 Å². The van der Waals surface area contributed by atoms with Crippen molar-refractivity contribution in [3.05, 3.63) is 110 Å². The van der Waals surface area contributed by atoms with Crippen LogP contribution >= 0.6 is 27.5 Å². The van der Waals surface area contributed by atoms with Crippen LogP contribution in [0.25, 0.3) is 21.8 Å². The van der Waals surface area contributed by atoms with Crippen molar-refractivity contribution in [2.24, 2.45) is 5.10 Å². The number of aryl methyl sites for hydroxylation is 1. The third-order valence-electron chi connectivity index (χ3n) is 6.03. The first kappa shape index (κ1) is 23.5. The highest BCUT2D eigenvalue weighted by molar-refractivity contribution is 9.10. The van der Waals surface area contributed by atoms with Gasteiger partial charge in [0.25, 0.3) is 5.56 Å². The molecule has 7 heteroatoms. The van der Waals surface area contributed by atoms with E-state index in [-0.39, 0.29) is 5.56 Å². The van der Waals surface area contributed by atoms with E-state index in [4.69, 9.17) is 16.6 Å². The van der Waals surface area contributed by atoms with Crippen molar-refractivity contribution in [3.8, 4) is 0 Å². The minimum absolute atomic E-state index is 0.163. The predicted molar refractivity (Wildman–Crippen MR) is 148 cm³/mol. The topological polar surface area (TPSA) is 52.2 Å². The highest BCUT2D eigenvalue weighted by atomic mass is 79.9. The molecule has 0 unspecified atom stereocenters. The van der Waals surface area contributed by atoms with Gasteiger partial charge in [-0.3, -0.25) is 4.79 Å². The summed E-state index contributed by atoms with van der Waals surface area (Å²) in [5, 5.41) is 7.00. The minimum Gasteiger partial charge on any atom is -0.342 e. The number of rotatable bonds is 7. The fraction of sp³-hybridized carbons (Fsp3) is 0.179. The highest BCUT2D eigenvalue weighted by Gasteiger charge is 2.12. The maximum absolute atomic E-state index is 13.4. The maximum atomic E-state index is 13.4. The summed E-state index contributed by atoms with van der Waals surface area (Å²) in [4.78, 5) is 18.2. The summed E-state index contributed by atoms with van der Waals surface area (Å²) in [6, 6.07) is 21.7. The summed E-state index contributed by atoms with van der Waals surface area (Å²) in [5.74, 6) is 0.674. The van der Waals surface area contributed by atoms with Gasteiger partial charge in [0.05, 0.1) is 17.1 Å². The van der Waals surface area contributed by atoms with E-state index in [2.05, 4.69) is 50.9 Å². The van der Waals surface area contributed by atoms with Crippen LogP contribution < -0.4 is 5.56 Å². The Kier molecular flexibility index (Phi) is 6.84. The fourth-order valence-electron chi connectivity index (χ4n) is 4.23. The van der Waals surface area contributed by atoms with Crippen LogP contribution in [0.3, 0.4) is 0 Å². The van der Waals surface area contributed by atoms with E-state index in [1.807, 2.05) is 48.5 Å². The zero-order chi connectivity index (χ0) is 24.4. The van der Waals surface area contributed by atoms with Gasteiger partial charge in [-0.1, -0.05) is 71.2 Å². The molecule has 0 aliphatic rings. The molecule has 0 aliphatic carbocycles. The van der Waals surface area contributed by atoms with Crippen LogP contribution in [0.4, 0.5) is 0 Å². The lowest BCUT2D eigenvalue weighted by Gasteiger charge is -2.09. The first-order valence-electron chi connectivity index (χ1n) is 11.6. The molecule has 0 spiro atoms. The first-order chi connectivity index (χ1) is 17.0. The van der Waals surface area contributed by atoms with Crippen molar-refractivity contribution >= 4 is 55.6 Å². The number of nitrogens with zero attached hydrogens (tertiary/aromatic N) is 4. The Morgan fingerprint density at radius 3 is 2.66 bits per heavy atom. The molecular formula is C28H24BrClN4O. The molecule has 2 aromatic heterocycles. The van der Waals surface area contributed by atoms with Crippen molar-refractivity contribution in [1.29, 1.82) is 0 Å². The van der Waals surface area contributed by atoms with Crippen LogP contribution in [-0.4, -0.2) is 20.4 Å². The largest absolute Gasteiger partial charge is 0.342 e. The van der Waals surface area contributed by atoms with Gasteiger partial charge in [-0.25, -0.2) is 4.98 Å². The van der Waals surface area contributed by atoms with Gasteiger partial charge < -0.3 is 4.57 Å². The number of aromatic nitrogens is 3. The van der Waals surface area contributed by atoms with Gasteiger partial charge in [0, 0.05) is 45.1 Å². The second-order valence-electron chi connectivity index (χ2n) is 8.51. The Hall–Kier alpha value is -3.22. The molecule has 0 radical (unpaired) electrons. The Bertz CT molecular complexity index is 1600. The molecule has 0 N–H and O–H groups in total. The standard InChI is InChI=1S/C28H24BrClN4O/c1-2-3-8-27-32-25-14-11-21(29)15-24(25)28(35)34(27)31-16-20-18-33(26-7-5-4-6-23(20)26)17-19-9-12-22(30)13-10-19/h4-7,9-16,18H,2-3,8,17H2,1H3. The van der Waals surface area contributed by atoms with Crippen molar-refractivity contribution in [3.63, 3.8) is 0 Å². The van der Waals surface area contributed by atoms with Gasteiger partial charge in [0.15, 0.2) is 0 Å². The molecule has 35 heavy (non-hydrogen) atoms. The number of unbranched alkanes of at least 4 members (excludes halogenated alkanes) is 1. The summed E-state index contributed by atoms with van der Waals surface area (Å²) in [7, 11) is 0. The molecule has 5 nitrogen and oxygen atoms in total. The van der Waals surface area contributed by atoms with E-state index in [1.165, 1.54) is 4.68 Å². The fourth-order valence-corrected chi connectivity index (χ4v) is 4.71. The molecule has 0 saturated heterocycles. The zero-order valence-electron chi connectivity index (χ0n) is 19.3. The van der Waals surface area contributed by atoms with Crippen LogP contribution in [0.1, 0.15) is 36.7 Å². The van der Waals surface area contributed by atoms with E-state index in [0.717, 1.165) is 44.4 Å². The van der Waals surface area contributed by atoms with Crippen LogP contribution in [-0.2, 0) is 13.0 Å². The molecule has 0 aliphatic heterocycles. The molecule has 0 fully saturated rings. The van der Waals surface area contributed by atoms with Crippen molar-refractivity contribution in [2.75, 3.05) is 0 Å². The second kappa shape index (κ2) is 10.2. The Balaban J connectivity index is 1.59. The number of hydrogen-bond donors (Lipinski definition) is 0. The zero-order valence-corrected chi connectivity index (χ0v) is 21.6. The van der Waals surface area contributed by atoms with Gasteiger partial charge in [-0.2, -0.15) is 9.78 Å². The average Bonchev–Trinajstić information content (AvgIpc) is 3.21. The van der Waals surface area contributed by atoms with Crippen LogP contribution in [0.2, 0.25) is 5.02 Å². The maximum Gasteiger partial charge on any atom is 0.282 e. The molecular weight excluding hydrogens is 524 g/mol. The van der Waals surface area contributed by atoms with Crippen LogP contribution in [0, 0.1) is 0 Å². The molecule has 0 saturated carbocycles. The SMILES string of the molecule is CCCCc1nc2ccc(Br)cc2c(=O)n1N=Cc1cn(Cc2ccc(Cl)cc2)c2ccccc12. The molecule has 0 amide bonds. The normalized spacial score (nSPS) is 11.7. The molecule has 0 bridgehead atoms. The lowest BCUT2D eigenvalue weighted by atomic mass is 10.2. The molecule has 176 valence electrons. The molecule has 3 aromatic carbocycles. The quantitative estimate of drug-likeness (QED) is 0.205. The summed E-state index contributed by atoms with van der Waals surface area (Å²) >= 11 is 9.52. The number of hydrogen-bond acceptors (Lipinski definition) is 3. The second-order valence-corrected chi connectivity index (χ2v) is 9.86. The Morgan fingerprint density at radius 2 is 1.86 bits per heavy atom. The van der Waals surface area contributed by atoms with Gasteiger partial charge in [-0.15, -0.1) is 0 Å². The number of halogens is 2. The lowest BCUT2D eigenvalue weighted by Crippen LogP contribution is -2.22. The van der Waals surface area contributed by atoms with Crippen LogP contribution in [0.5, 0.6) is 0 Å². The smallest absolute Gasteiger partial charge is 0.282 e. The molecule has 0 atom stereocenters. The average molecular weight is 548 g/mol. The summed E-state index contributed by atoms with van der Waals surface area (Å²) in [5.41, 5.74) is 3.72. The minimum atomic E-state index is -0.163. The monoisotopic (exact) mass is 546 g/mol. The van der Waals surface area contributed by atoms with E-state index >= 15 is 0 Å². The summed E-state index contributed by atoms with van der Waals surface area (Å²) in [6.45, 7) is 2.83.